The Bertz CT molecular complexity index is 361. The summed E-state index contributed by atoms with van der Waals surface area (Å²) in [7, 11) is 0. The lowest BCUT2D eigenvalue weighted by molar-refractivity contribution is -0.149. The van der Waals surface area contributed by atoms with E-state index >= 15 is 0 Å². The van der Waals surface area contributed by atoms with E-state index in [-0.39, 0.29) is 12.2 Å². The number of carbonyl (C=O) groups is 1. The summed E-state index contributed by atoms with van der Waals surface area (Å²) in [5, 5.41) is 20.0. The molecule has 0 saturated carbocycles. The van der Waals surface area contributed by atoms with Gasteiger partial charge < -0.3 is 10.2 Å². The number of aliphatic hydroxyl groups is 2. The van der Waals surface area contributed by atoms with Crippen LogP contribution in [0.1, 0.15) is 32.3 Å². The van der Waals surface area contributed by atoms with Crippen LogP contribution in [0.3, 0.4) is 0 Å². The lowest BCUT2D eigenvalue weighted by atomic mass is 9.86. The van der Waals surface area contributed by atoms with E-state index in [1.165, 1.54) is 6.92 Å². The van der Waals surface area contributed by atoms with Crippen molar-refractivity contribution < 1.29 is 15.0 Å². The Morgan fingerprint density at radius 3 is 2.41 bits per heavy atom. The highest BCUT2D eigenvalue weighted by atomic mass is 16.3. The zero-order chi connectivity index (χ0) is 12.9. The van der Waals surface area contributed by atoms with Crippen LogP contribution in [0.2, 0.25) is 0 Å². The second-order valence-electron chi connectivity index (χ2n) is 4.37. The average Bonchev–Trinajstić information content (AvgIpc) is 2.35. The number of benzene rings is 1. The van der Waals surface area contributed by atoms with Gasteiger partial charge in [0.25, 0.3) is 0 Å². The molecule has 0 spiro atoms. The van der Waals surface area contributed by atoms with Gasteiger partial charge in [-0.25, -0.2) is 0 Å². The average molecular weight is 236 g/mol. The zero-order valence-electron chi connectivity index (χ0n) is 10.4. The highest BCUT2D eigenvalue weighted by Crippen LogP contribution is 2.20. The molecule has 1 rings (SSSR count). The van der Waals surface area contributed by atoms with E-state index in [9.17, 15) is 15.0 Å². The monoisotopic (exact) mass is 236 g/mol. The third-order valence-corrected chi connectivity index (χ3v) is 3.25. The van der Waals surface area contributed by atoms with Crippen molar-refractivity contribution in [3.8, 4) is 0 Å². The Hall–Kier alpha value is -1.19. The van der Waals surface area contributed by atoms with Gasteiger partial charge in [0.15, 0.2) is 5.78 Å². The molecule has 2 unspecified atom stereocenters. The van der Waals surface area contributed by atoms with Crippen molar-refractivity contribution in [2.45, 2.75) is 44.8 Å². The van der Waals surface area contributed by atoms with Gasteiger partial charge in [0, 0.05) is 0 Å². The van der Waals surface area contributed by atoms with E-state index in [0.717, 1.165) is 5.56 Å². The molecule has 0 heterocycles. The molecule has 0 aliphatic rings. The van der Waals surface area contributed by atoms with Crippen molar-refractivity contribution in [2.75, 3.05) is 0 Å². The molecule has 17 heavy (non-hydrogen) atoms. The van der Waals surface area contributed by atoms with Crippen molar-refractivity contribution in [3.05, 3.63) is 35.9 Å². The van der Waals surface area contributed by atoms with Crippen molar-refractivity contribution >= 4 is 5.78 Å². The van der Waals surface area contributed by atoms with Crippen LogP contribution in [0.4, 0.5) is 0 Å². The summed E-state index contributed by atoms with van der Waals surface area (Å²) >= 11 is 0. The molecule has 2 atom stereocenters. The Morgan fingerprint density at radius 2 is 1.94 bits per heavy atom. The number of carbonyl (C=O) groups excluding carboxylic acids is 1. The Balaban J connectivity index is 2.60. The highest BCUT2D eigenvalue weighted by molar-refractivity contribution is 5.85. The van der Waals surface area contributed by atoms with Crippen LogP contribution in [-0.2, 0) is 11.2 Å². The largest absolute Gasteiger partial charge is 0.390 e. The van der Waals surface area contributed by atoms with Gasteiger partial charge in [0.05, 0.1) is 6.10 Å². The van der Waals surface area contributed by atoms with Crippen LogP contribution in [0.5, 0.6) is 0 Å². The maximum atomic E-state index is 11.3. The Morgan fingerprint density at radius 1 is 1.35 bits per heavy atom. The van der Waals surface area contributed by atoms with Crippen LogP contribution in [0, 0.1) is 0 Å². The quantitative estimate of drug-likeness (QED) is 0.790. The lowest BCUT2D eigenvalue weighted by Gasteiger charge is -2.29. The smallest absolute Gasteiger partial charge is 0.163 e. The molecule has 3 nitrogen and oxygen atoms in total. The molecular formula is C14H20O3. The number of rotatable bonds is 6. The number of hydrogen-bond acceptors (Lipinski definition) is 3. The van der Waals surface area contributed by atoms with Gasteiger partial charge in [-0.1, -0.05) is 37.3 Å². The fraction of sp³-hybridized carbons (Fsp3) is 0.500. The third kappa shape index (κ3) is 3.38. The summed E-state index contributed by atoms with van der Waals surface area (Å²) in [4.78, 5) is 11.3. The minimum absolute atomic E-state index is 0.234. The first-order valence-electron chi connectivity index (χ1n) is 5.96. The van der Waals surface area contributed by atoms with Crippen molar-refractivity contribution in [1.82, 2.24) is 0 Å². The number of Topliss-reactive ketones (excluding diaryl/α,β-unsaturated/α-hetero) is 1. The summed E-state index contributed by atoms with van der Waals surface area (Å²) in [6, 6.07) is 9.71. The minimum Gasteiger partial charge on any atom is -0.390 e. The topological polar surface area (TPSA) is 57.5 Å². The molecule has 94 valence electrons. The molecule has 0 bridgehead atoms. The van der Waals surface area contributed by atoms with E-state index in [1.54, 1.807) is 6.92 Å². The van der Waals surface area contributed by atoms with Crippen molar-refractivity contribution in [1.29, 1.82) is 0 Å². The van der Waals surface area contributed by atoms with Crippen LogP contribution in [-0.4, -0.2) is 27.7 Å². The molecule has 0 saturated heterocycles. The molecule has 0 amide bonds. The number of ketones is 1. The summed E-state index contributed by atoms with van der Waals surface area (Å²) < 4.78 is 0. The van der Waals surface area contributed by atoms with E-state index in [2.05, 4.69) is 0 Å². The number of aliphatic hydroxyl groups excluding tert-OH is 1. The predicted octanol–water partition coefficient (Wildman–Crippen LogP) is 1.71. The van der Waals surface area contributed by atoms with Gasteiger partial charge in [0.1, 0.15) is 5.60 Å². The maximum absolute atomic E-state index is 11.3. The number of aryl methyl sites for hydroxylation is 1. The second kappa shape index (κ2) is 5.94. The normalized spacial score (nSPS) is 16.2. The molecule has 0 fully saturated rings. The second-order valence-corrected chi connectivity index (χ2v) is 4.37. The van der Waals surface area contributed by atoms with Gasteiger partial charge in [0.2, 0.25) is 0 Å². The van der Waals surface area contributed by atoms with Crippen LogP contribution in [0.15, 0.2) is 30.3 Å². The van der Waals surface area contributed by atoms with E-state index in [4.69, 9.17) is 0 Å². The summed E-state index contributed by atoms with van der Waals surface area (Å²) in [6.45, 7) is 3.02. The molecule has 0 aliphatic heterocycles. The molecule has 0 aliphatic carbocycles. The first kappa shape index (κ1) is 13.9. The summed E-state index contributed by atoms with van der Waals surface area (Å²) in [5.74, 6) is -0.374. The van der Waals surface area contributed by atoms with Gasteiger partial charge in [-0.15, -0.1) is 0 Å². The summed E-state index contributed by atoms with van der Waals surface area (Å²) in [5.41, 5.74) is -0.511. The van der Waals surface area contributed by atoms with Gasteiger partial charge in [-0.05, 0) is 31.7 Å². The molecule has 3 heteroatoms. The Labute approximate surface area is 102 Å². The maximum Gasteiger partial charge on any atom is 0.163 e. The van der Waals surface area contributed by atoms with Gasteiger partial charge >= 0.3 is 0 Å². The van der Waals surface area contributed by atoms with Crippen LogP contribution in [0.25, 0.3) is 0 Å². The molecule has 1 aromatic rings. The number of hydrogen-bond donors (Lipinski definition) is 2. The lowest BCUT2D eigenvalue weighted by Crippen LogP contribution is -2.48. The Kier molecular flexibility index (Phi) is 4.85. The molecule has 2 N–H and O–H groups in total. The minimum atomic E-state index is -1.60. The predicted molar refractivity (Wildman–Crippen MR) is 66.7 cm³/mol. The fourth-order valence-corrected chi connectivity index (χ4v) is 1.91. The highest BCUT2D eigenvalue weighted by Gasteiger charge is 2.38. The SMILES string of the molecule is CCC(O)(C(C)=O)C(O)CCc1ccccc1. The molecule has 0 aromatic heterocycles. The van der Waals surface area contributed by atoms with Gasteiger partial charge in [-0.3, -0.25) is 4.79 Å². The van der Waals surface area contributed by atoms with Crippen LogP contribution >= 0.6 is 0 Å². The van der Waals surface area contributed by atoms with Crippen LogP contribution < -0.4 is 0 Å². The van der Waals surface area contributed by atoms with Crippen molar-refractivity contribution in [3.63, 3.8) is 0 Å². The zero-order valence-corrected chi connectivity index (χ0v) is 10.4. The first-order chi connectivity index (χ1) is 8.00. The molecule has 1 aromatic carbocycles. The standard InChI is InChI=1S/C14H20O3/c1-3-14(17,11(2)15)13(16)10-9-12-7-5-4-6-8-12/h4-8,13,16-17H,3,9-10H2,1-2H3. The molecular weight excluding hydrogens is 216 g/mol. The molecule has 0 radical (unpaired) electrons. The van der Waals surface area contributed by atoms with E-state index < -0.39 is 11.7 Å². The van der Waals surface area contributed by atoms with E-state index in [0.29, 0.717) is 12.8 Å². The fourth-order valence-electron chi connectivity index (χ4n) is 1.91. The van der Waals surface area contributed by atoms with Crippen molar-refractivity contribution in [2.24, 2.45) is 0 Å². The third-order valence-electron chi connectivity index (χ3n) is 3.25. The summed E-state index contributed by atoms with van der Waals surface area (Å²) in [6.07, 6.45) is 0.259. The first-order valence-corrected chi connectivity index (χ1v) is 5.96. The van der Waals surface area contributed by atoms with Gasteiger partial charge in [-0.2, -0.15) is 0 Å². The van der Waals surface area contributed by atoms with E-state index in [1.807, 2.05) is 30.3 Å².